The van der Waals surface area contributed by atoms with Crippen molar-refractivity contribution in [3.63, 3.8) is 0 Å². The summed E-state index contributed by atoms with van der Waals surface area (Å²) in [5.74, 6) is 0.912. The third-order valence-electron chi connectivity index (χ3n) is 2.45. The van der Waals surface area contributed by atoms with Gasteiger partial charge in [-0.15, -0.1) is 0 Å². The minimum Gasteiger partial charge on any atom is -0.454 e. The first-order chi connectivity index (χ1) is 6.79. The molecule has 1 atom stereocenters. The lowest BCUT2D eigenvalue weighted by Crippen LogP contribution is -2.25. The molecule has 14 heavy (non-hydrogen) atoms. The van der Waals surface area contributed by atoms with Crippen LogP contribution in [0.3, 0.4) is 0 Å². The normalized spacial score (nSPS) is 18.4. The van der Waals surface area contributed by atoms with E-state index < -0.39 is 0 Å². The molecule has 1 aromatic rings. The number of aliphatic hydroxyl groups is 1. The van der Waals surface area contributed by atoms with Crippen LogP contribution >= 0.6 is 15.9 Å². The summed E-state index contributed by atoms with van der Waals surface area (Å²) < 4.78 is 6.13. The molecule has 4 heteroatoms. The molecule has 0 aromatic carbocycles. The predicted molar refractivity (Wildman–Crippen MR) is 57.3 cm³/mol. The Morgan fingerprint density at radius 3 is 2.86 bits per heavy atom. The maximum Gasteiger partial charge on any atom is 0.169 e. The Kier molecular flexibility index (Phi) is 3.26. The number of nitrogens with one attached hydrogen (secondary N) is 1. The topological polar surface area (TPSA) is 45.4 Å². The molecule has 1 heterocycles. The van der Waals surface area contributed by atoms with Gasteiger partial charge in [-0.1, -0.05) is 0 Å². The number of hydrogen-bond acceptors (Lipinski definition) is 3. The summed E-state index contributed by atoms with van der Waals surface area (Å²) in [5.41, 5.74) is 0. The summed E-state index contributed by atoms with van der Waals surface area (Å²) in [4.78, 5) is 0. The minimum atomic E-state index is 0.0712. The van der Waals surface area contributed by atoms with E-state index in [4.69, 9.17) is 4.42 Å². The molecule has 1 unspecified atom stereocenters. The molecule has 2 N–H and O–H groups in total. The lowest BCUT2D eigenvalue weighted by atomic mass is 10.1. The monoisotopic (exact) mass is 259 g/mol. The summed E-state index contributed by atoms with van der Waals surface area (Å²) in [6.45, 7) is 0.917. The van der Waals surface area contributed by atoms with Gasteiger partial charge in [-0.25, -0.2) is 0 Å². The van der Waals surface area contributed by atoms with Crippen LogP contribution in [0.15, 0.2) is 21.2 Å². The maximum absolute atomic E-state index is 9.21. The fourth-order valence-corrected chi connectivity index (χ4v) is 1.72. The van der Waals surface area contributed by atoms with Crippen molar-refractivity contribution in [1.82, 2.24) is 5.32 Å². The highest BCUT2D eigenvalue weighted by atomic mass is 79.9. The van der Waals surface area contributed by atoms with Crippen LogP contribution in [0, 0.1) is 0 Å². The van der Waals surface area contributed by atoms with Crippen molar-refractivity contribution in [2.75, 3.05) is 13.2 Å². The molecule has 1 aromatic heterocycles. The molecular weight excluding hydrogens is 246 g/mol. The highest BCUT2D eigenvalue weighted by molar-refractivity contribution is 9.10. The summed E-state index contributed by atoms with van der Waals surface area (Å²) in [7, 11) is 0. The third-order valence-corrected chi connectivity index (χ3v) is 2.87. The van der Waals surface area contributed by atoms with Crippen molar-refractivity contribution < 1.29 is 9.52 Å². The van der Waals surface area contributed by atoms with Gasteiger partial charge in [-0.2, -0.15) is 0 Å². The molecule has 1 aliphatic rings. The molecule has 0 amide bonds. The second-order valence-electron chi connectivity index (χ2n) is 3.70. The first kappa shape index (κ1) is 10.2. The Morgan fingerprint density at radius 1 is 1.57 bits per heavy atom. The van der Waals surface area contributed by atoms with E-state index in [1.165, 1.54) is 12.8 Å². The highest BCUT2D eigenvalue weighted by Gasteiger charge is 2.23. The molecule has 1 fully saturated rings. The molecule has 0 radical (unpaired) electrons. The molecule has 0 aliphatic heterocycles. The number of rotatable bonds is 5. The molecular formula is C10H14BrNO2. The van der Waals surface area contributed by atoms with E-state index in [9.17, 15) is 5.11 Å². The van der Waals surface area contributed by atoms with Crippen LogP contribution in [0.4, 0.5) is 0 Å². The lowest BCUT2D eigenvalue weighted by Gasteiger charge is -2.11. The number of furan rings is 1. The van der Waals surface area contributed by atoms with Crippen LogP contribution in [0.5, 0.6) is 0 Å². The summed E-state index contributed by atoms with van der Waals surface area (Å²) in [5, 5.41) is 12.6. The Labute approximate surface area is 91.6 Å². The van der Waals surface area contributed by atoms with Crippen molar-refractivity contribution >= 4 is 15.9 Å². The minimum absolute atomic E-state index is 0.0712. The Bertz CT molecular complexity index is 296. The van der Waals surface area contributed by atoms with Crippen LogP contribution < -0.4 is 5.32 Å². The van der Waals surface area contributed by atoms with Crippen molar-refractivity contribution in [1.29, 1.82) is 0 Å². The Balaban J connectivity index is 1.90. The zero-order chi connectivity index (χ0) is 9.97. The first-order valence-corrected chi connectivity index (χ1v) is 5.68. The van der Waals surface area contributed by atoms with Gasteiger partial charge in [0.15, 0.2) is 4.67 Å². The average molecular weight is 260 g/mol. The van der Waals surface area contributed by atoms with E-state index in [-0.39, 0.29) is 12.5 Å². The zero-order valence-corrected chi connectivity index (χ0v) is 9.46. The van der Waals surface area contributed by atoms with Crippen LogP contribution in [-0.4, -0.2) is 24.3 Å². The SMILES string of the molecule is OCC(CNC1CC1)c1ccc(Br)o1. The smallest absolute Gasteiger partial charge is 0.169 e. The van der Waals surface area contributed by atoms with E-state index in [1.807, 2.05) is 12.1 Å². The maximum atomic E-state index is 9.21. The second-order valence-corrected chi connectivity index (χ2v) is 4.49. The van der Waals surface area contributed by atoms with Crippen molar-refractivity contribution in [3.05, 3.63) is 22.6 Å². The largest absolute Gasteiger partial charge is 0.454 e. The fraction of sp³-hybridized carbons (Fsp3) is 0.600. The number of aliphatic hydroxyl groups excluding tert-OH is 1. The van der Waals surface area contributed by atoms with Crippen molar-refractivity contribution in [2.24, 2.45) is 0 Å². The first-order valence-electron chi connectivity index (χ1n) is 4.89. The van der Waals surface area contributed by atoms with Crippen LogP contribution in [-0.2, 0) is 0 Å². The van der Waals surface area contributed by atoms with Gasteiger partial charge < -0.3 is 14.8 Å². The van der Waals surface area contributed by atoms with E-state index in [0.29, 0.717) is 6.04 Å². The van der Waals surface area contributed by atoms with Gasteiger partial charge in [-0.05, 0) is 40.9 Å². The van der Waals surface area contributed by atoms with Gasteiger partial charge in [0.05, 0.1) is 12.5 Å². The van der Waals surface area contributed by atoms with E-state index in [0.717, 1.165) is 17.0 Å². The van der Waals surface area contributed by atoms with Crippen LogP contribution in [0.2, 0.25) is 0 Å². The van der Waals surface area contributed by atoms with Gasteiger partial charge in [0.1, 0.15) is 5.76 Å². The number of hydrogen-bond donors (Lipinski definition) is 2. The van der Waals surface area contributed by atoms with E-state index >= 15 is 0 Å². The molecule has 3 nitrogen and oxygen atoms in total. The van der Waals surface area contributed by atoms with Crippen molar-refractivity contribution in [3.8, 4) is 0 Å². The van der Waals surface area contributed by atoms with Crippen LogP contribution in [0.25, 0.3) is 0 Å². The third kappa shape index (κ3) is 2.59. The molecule has 1 saturated carbocycles. The number of halogens is 1. The summed E-state index contributed by atoms with van der Waals surface area (Å²) >= 11 is 3.25. The predicted octanol–water partition coefficient (Wildman–Crippen LogP) is 1.87. The molecule has 0 spiro atoms. The molecule has 0 saturated heterocycles. The van der Waals surface area contributed by atoms with E-state index in [1.54, 1.807) is 0 Å². The summed E-state index contributed by atoms with van der Waals surface area (Å²) in [6.07, 6.45) is 2.53. The standard InChI is InChI=1S/C10H14BrNO2/c11-10-4-3-9(14-10)7(6-13)5-12-8-1-2-8/h3-4,7-8,12-13H,1-2,5-6H2. The van der Waals surface area contributed by atoms with Gasteiger partial charge in [0.25, 0.3) is 0 Å². The molecule has 78 valence electrons. The molecule has 2 rings (SSSR count). The summed E-state index contributed by atoms with van der Waals surface area (Å²) in [6, 6.07) is 4.43. The molecule has 0 bridgehead atoms. The quantitative estimate of drug-likeness (QED) is 0.849. The van der Waals surface area contributed by atoms with Gasteiger partial charge in [-0.3, -0.25) is 0 Å². The lowest BCUT2D eigenvalue weighted by molar-refractivity contribution is 0.243. The van der Waals surface area contributed by atoms with E-state index in [2.05, 4.69) is 21.2 Å². The van der Waals surface area contributed by atoms with Crippen molar-refractivity contribution in [2.45, 2.75) is 24.8 Å². The van der Waals surface area contributed by atoms with Gasteiger partial charge >= 0.3 is 0 Å². The zero-order valence-electron chi connectivity index (χ0n) is 7.87. The fourth-order valence-electron chi connectivity index (χ4n) is 1.40. The Hall–Kier alpha value is -0.320. The molecule has 1 aliphatic carbocycles. The highest BCUT2D eigenvalue weighted by Crippen LogP contribution is 2.23. The van der Waals surface area contributed by atoms with Gasteiger partial charge in [0, 0.05) is 12.6 Å². The van der Waals surface area contributed by atoms with Crippen LogP contribution in [0.1, 0.15) is 24.5 Å². The Morgan fingerprint density at radius 2 is 2.36 bits per heavy atom. The second kappa shape index (κ2) is 4.47. The average Bonchev–Trinajstić information content (AvgIpc) is 2.90. The van der Waals surface area contributed by atoms with Gasteiger partial charge in [0.2, 0.25) is 0 Å².